The molecule has 0 radical (unpaired) electrons. The highest BCUT2D eigenvalue weighted by Gasteiger charge is 2.34. The Morgan fingerprint density at radius 1 is 0.962 bits per heavy atom. The number of aldehydes is 1. The number of esters is 1. The second-order valence-corrected chi connectivity index (χ2v) is 5.47. The van der Waals surface area contributed by atoms with Crippen molar-refractivity contribution in [1.29, 1.82) is 0 Å². The van der Waals surface area contributed by atoms with Crippen LogP contribution in [0.1, 0.15) is 31.1 Å². The molecule has 0 bridgehead atoms. The quantitative estimate of drug-likeness (QED) is 0.428. The maximum Gasteiger partial charge on any atom is 0.344 e. The van der Waals surface area contributed by atoms with E-state index >= 15 is 0 Å². The number of para-hydroxylation sites is 1. The zero-order valence-electron chi connectivity index (χ0n) is 13.7. The van der Waals surface area contributed by atoms with E-state index < -0.39 is 17.8 Å². The van der Waals surface area contributed by atoms with Gasteiger partial charge in [0.15, 0.2) is 12.9 Å². The fraction of sp³-hybridized carbons (Fsp3) is 0.158. The lowest BCUT2D eigenvalue weighted by Crippen LogP contribution is -2.34. The van der Waals surface area contributed by atoms with Crippen LogP contribution in [0.25, 0.3) is 0 Å². The summed E-state index contributed by atoms with van der Waals surface area (Å²) in [6, 6.07) is 13.0. The first-order valence-electron chi connectivity index (χ1n) is 7.89. The second-order valence-electron chi connectivity index (χ2n) is 5.47. The minimum absolute atomic E-state index is 0.0387. The minimum Gasteiger partial charge on any atom is -0.481 e. The van der Waals surface area contributed by atoms with Crippen LogP contribution in [-0.2, 0) is 9.53 Å². The zero-order valence-corrected chi connectivity index (χ0v) is 13.7. The average molecular weight is 353 g/mol. The average Bonchev–Trinajstić information content (AvgIpc) is 2.91. The second kappa shape index (κ2) is 7.60. The van der Waals surface area contributed by atoms with Gasteiger partial charge in [-0.3, -0.25) is 19.3 Å². The molecular formula is C19H15NO6. The summed E-state index contributed by atoms with van der Waals surface area (Å²) in [6.45, 7) is -0.557. The van der Waals surface area contributed by atoms with Gasteiger partial charge >= 0.3 is 5.97 Å². The van der Waals surface area contributed by atoms with Crippen LogP contribution in [-0.4, -0.2) is 48.7 Å². The summed E-state index contributed by atoms with van der Waals surface area (Å²) in [7, 11) is 0. The van der Waals surface area contributed by atoms with E-state index in [4.69, 9.17) is 9.47 Å². The van der Waals surface area contributed by atoms with Gasteiger partial charge in [-0.1, -0.05) is 24.3 Å². The molecule has 0 aliphatic carbocycles. The molecular weight excluding hydrogens is 338 g/mol. The van der Waals surface area contributed by atoms with E-state index in [1.165, 1.54) is 0 Å². The van der Waals surface area contributed by atoms with Gasteiger partial charge < -0.3 is 9.47 Å². The highest BCUT2D eigenvalue weighted by molar-refractivity contribution is 6.21. The summed E-state index contributed by atoms with van der Waals surface area (Å²) in [5, 5.41) is 0. The van der Waals surface area contributed by atoms with Crippen molar-refractivity contribution in [2.75, 3.05) is 19.8 Å². The van der Waals surface area contributed by atoms with E-state index in [1.54, 1.807) is 48.5 Å². The fourth-order valence-electron chi connectivity index (χ4n) is 2.58. The summed E-state index contributed by atoms with van der Waals surface area (Å²) >= 11 is 0. The van der Waals surface area contributed by atoms with Crippen molar-refractivity contribution in [2.24, 2.45) is 0 Å². The lowest BCUT2D eigenvalue weighted by atomic mass is 10.1. The molecule has 2 aromatic carbocycles. The molecule has 0 unspecified atom stereocenters. The number of ether oxygens (including phenoxy) is 2. The maximum atomic E-state index is 12.2. The van der Waals surface area contributed by atoms with E-state index in [-0.39, 0.29) is 25.5 Å². The number of nitrogens with zero attached hydrogens (tertiary/aromatic N) is 1. The smallest absolute Gasteiger partial charge is 0.344 e. The van der Waals surface area contributed by atoms with Crippen molar-refractivity contribution >= 4 is 24.1 Å². The number of hydrogen-bond donors (Lipinski definition) is 0. The first-order chi connectivity index (χ1) is 12.6. The van der Waals surface area contributed by atoms with Gasteiger partial charge in [0.25, 0.3) is 11.8 Å². The molecule has 0 N–H and O–H groups in total. The predicted octanol–water partition coefficient (Wildman–Crippen LogP) is 1.72. The summed E-state index contributed by atoms with van der Waals surface area (Å²) < 4.78 is 10.2. The Kier molecular flexibility index (Phi) is 5.07. The van der Waals surface area contributed by atoms with Crippen molar-refractivity contribution in [3.8, 4) is 5.75 Å². The Bertz CT molecular complexity index is 841. The maximum absolute atomic E-state index is 12.2. The van der Waals surface area contributed by atoms with E-state index in [1.807, 2.05) is 0 Å². The summed E-state index contributed by atoms with van der Waals surface area (Å²) in [6.07, 6.45) is 0.628. The van der Waals surface area contributed by atoms with Gasteiger partial charge in [-0.2, -0.15) is 0 Å². The molecule has 2 amide bonds. The molecule has 7 heteroatoms. The monoisotopic (exact) mass is 353 g/mol. The standard InChI is InChI=1S/C19H15NO6/c21-11-13-5-1-4-8-16(13)26-12-17(22)25-10-9-20-18(23)14-6-2-3-7-15(14)19(20)24/h1-8,11H,9-10,12H2. The van der Waals surface area contributed by atoms with Crippen molar-refractivity contribution in [1.82, 2.24) is 4.90 Å². The topological polar surface area (TPSA) is 90.0 Å². The summed E-state index contributed by atoms with van der Waals surface area (Å²) in [5.74, 6) is -1.20. The number of rotatable bonds is 7. The van der Waals surface area contributed by atoms with E-state index in [2.05, 4.69) is 0 Å². The molecule has 0 saturated carbocycles. The lowest BCUT2D eigenvalue weighted by Gasteiger charge is -2.14. The summed E-state index contributed by atoms with van der Waals surface area (Å²) in [4.78, 5) is 48.0. The largest absolute Gasteiger partial charge is 0.481 e. The third-order valence-corrected chi connectivity index (χ3v) is 3.85. The molecule has 1 heterocycles. The molecule has 1 aliphatic heterocycles. The van der Waals surface area contributed by atoms with Gasteiger partial charge in [-0.15, -0.1) is 0 Å². The Morgan fingerprint density at radius 2 is 1.58 bits per heavy atom. The van der Waals surface area contributed by atoms with E-state index in [9.17, 15) is 19.2 Å². The van der Waals surface area contributed by atoms with Crippen LogP contribution in [0.2, 0.25) is 0 Å². The van der Waals surface area contributed by atoms with Gasteiger partial charge in [0.05, 0.1) is 23.2 Å². The van der Waals surface area contributed by atoms with Crippen LogP contribution in [0.15, 0.2) is 48.5 Å². The molecule has 2 aromatic rings. The number of amides is 2. The first kappa shape index (κ1) is 17.3. The third-order valence-electron chi connectivity index (χ3n) is 3.85. The van der Waals surface area contributed by atoms with Crippen LogP contribution >= 0.6 is 0 Å². The van der Waals surface area contributed by atoms with Crippen LogP contribution in [0, 0.1) is 0 Å². The van der Waals surface area contributed by atoms with Crippen molar-refractivity contribution in [3.63, 3.8) is 0 Å². The van der Waals surface area contributed by atoms with E-state index in [0.29, 0.717) is 23.0 Å². The number of imide groups is 1. The molecule has 7 nitrogen and oxygen atoms in total. The number of hydrogen-bond acceptors (Lipinski definition) is 6. The van der Waals surface area contributed by atoms with Crippen molar-refractivity contribution < 1.29 is 28.7 Å². The van der Waals surface area contributed by atoms with Crippen LogP contribution in [0.5, 0.6) is 5.75 Å². The van der Waals surface area contributed by atoms with Crippen LogP contribution in [0.4, 0.5) is 0 Å². The van der Waals surface area contributed by atoms with E-state index in [0.717, 1.165) is 4.90 Å². The minimum atomic E-state index is -0.665. The molecule has 132 valence electrons. The van der Waals surface area contributed by atoms with Crippen LogP contribution < -0.4 is 4.74 Å². The normalized spacial score (nSPS) is 12.7. The van der Waals surface area contributed by atoms with Crippen molar-refractivity contribution in [3.05, 3.63) is 65.2 Å². The molecule has 0 spiro atoms. The molecule has 0 saturated heterocycles. The van der Waals surface area contributed by atoms with Gasteiger partial charge in [0.1, 0.15) is 12.4 Å². The molecule has 0 aromatic heterocycles. The highest BCUT2D eigenvalue weighted by Crippen LogP contribution is 2.22. The van der Waals surface area contributed by atoms with Gasteiger partial charge in [-0.25, -0.2) is 4.79 Å². The van der Waals surface area contributed by atoms with Gasteiger partial charge in [-0.05, 0) is 24.3 Å². The molecule has 26 heavy (non-hydrogen) atoms. The lowest BCUT2D eigenvalue weighted by molar-refractivity contribution is -0.146. The van der Waals surface area contributed by atoms with Crippen LogP contribution in [0.3, 0.4) is 0 Å². The Balaban J connectivity index is 1.48. The predicted molar refractivity (Wildman–Crippen MR) is 90.1 cm³/mol. The van der Waals surface area contributed by atoms with Crippen molar-refractivity contribution in [2.45, 2.75) is 0 Å². The first-order valence-corrected chi connectivity index (χ1v) is 7.89. The van der Waals surface area contributed by atoms with Gasteiger partial charge in [0.2, 0.25) is 0 Å². The Labute approximate surface area is 149 Å². The number of benzene rings is 2. The van der Waals surface area contributed by atoms with Gasteiger partial charge in [0, 0.05) is 0 Å². The zero-order chi connectivity index (χ0) is 18.5. The fourth-order valence-corrected chi connectivity index (χ4v) is 2.58. The molecule has 0 fully saturated rings. The SMILES string of the molecule is O=Cc1ccccc1OCC(=O)OCCN1C(=O)c2ccccc2C1=O. The highest BCUT2D eigenvalue weighted by atomic mass is 16.6. The molecule has 0 atom stereocenters. The number of fused-ring (bicyclic) bond motifs is 1. The summed E-state index contributed by atoms with van der Waals surface area (Å²) in [5.41, 5.74) is 1.02. The number of carbonyl (C=O) groups excluding carboxylic acids is 4. The Morgan fingerprint density at radius 3 is 2.23 bits per heavy atom. The Hall–Kier alpha value is -3.48. The molecule has 3 rings (SSSR count). The number of carbonyl (C=O) groups is 4. The third kappa shape index (κ3) is 3.46. The molecule has 1 aliphatic rings.